The minimum Gasteiger partial charge on any atom is -0.507 e. The van der Waals surface area contributed by atoms with Gasteiger partial charge in [-0.2, -0.15) is 0 Å². The zero-order valence-corrected chi connectivity index (χ0v) is 20.8. The lowest BCUT2D eigenvalue weighted by molar-refractivity contribution is -0.139. The summed E-state index contributed by atoms with van der Waals surface area (Å²) in [4.78, 5) is 27.6. The van der Waals surface area contributed by atoms with Crippen LogP contribution in [-0.4, -0.2) is 46.6 Å². The van der Waals surface area contributed by atoms with E-state index in [0.717, 1.165) is 25.7 Å². The number of Topliss-reactive ketones (excluding diaryl/α,β-unsaturated/α-hetero) is 1. The van der Waals surface area contributed by atoms with Crippen LogP contribution in [0.5, 0.6) is 17.2 Å². The van der Waals surface area contributed by atoms with Gasteiger partial charge in [0.25, 0.3) is 11.7 Å². The number of aliphatic hydroxyl groups is 1. The number of unbranched alkanes of at least 4 members (excludes halogenated alkanes) is 3. The first kappa shape index (κ1) is 26.1. The molecule has 2 N–H and O–H groups in total. The van der Waals surface area contributed by atoms with Crippen LogP contribution < -0.4 is 9.47 Å². The quantitative estimate of drug-likeness (QED) is 0.178. The molecule has 1 aliphatic heterocycles. The Hall–Kier alpha value is -3.48. The topological polar surface area (TPSA) is 96.3 Å². The van der Waals surface area contributed by atoms with E-state index >= 15 is 0 Å². The van der Waals surface area contributed by atoms with Gasteiger partial charge in [0.2, 0.25) is 0 Å². The second-order valence-corrected chi connectivity index (χ2v) is 8.59. The van der Waals surface area contributed by atoms with Crippen LogP contribution >= 0.6 is 0 Å². The van der Waals surface area contributed by atoms with E-state index in [9.17, 15) is 19.8 Å². The molecule has 7 heteroatoms. The number of nitrogens with zero attached hydrogens (tertiary/aromatic N) is 1. The number of likely N-dealkylation sites (tertiary alicyclic amines) is 1. The standard InChI is InChI=1S/C28H35NO6/c1-4-7-9-17-35-21-13-10-19(11-14-21)26(31)24-25(29(16-8-5-2)28(33)27(24)32)20-12-15-22(30)23(18-20)34-6-3/h10-15,18,25,30-31H,4-9,16-17H2,1-3H3/b26-24-. The minimum atomic E-state index is -0.786. The molecule has 2 aromatic carbocycles. The first-order chi connectivity index (χ1) is 16.9. The molecule has 1 fully saturated rings. The number of ketones is 1. The van der Waals surface area contributed by atoms with Crippen molar-refractivity contribution in [2.45, 2.75) is 58.9 Å². The molecule has 1 atom stereocenters. The summed E-state index contributed by atoms with van der Waals surface area (Å²) in [6.45, 7) is 7.27. The number of hydrogen-bond acceptors (Lipinski definition) is 6. The molecule has 1 saturated heterocycles. The van der Waals surface area contributed by atoms with E-state index in [0.29, 0.717) is 43.1 Å². The van der Waals surface area contributed by atoms with Gasteiger partial charge in [0.15, 0.2) is 11.5 Å². The highest BCUT2D eigenvalue weighted by molar-refractivity contribution is 6.46. The largest absolute Gasteiger partial charge is 0.507 e. The Kier molecular flexibility index (Phi) is 9.18. The fraction of sp³-hybridized carbons (Fsp3) is 0.429. The van der Waals surface area contributed by atoms with E-state index in [-0.39, 0.29) is 22.8 Å². The van der Waals surface area contributed by atoms with Crippen LogP contribution in [0.15, 0.2) is 48.0 Å². The Morgan fingerprint density at radius 1 is 0.943 bits per heavy atom. The van der Waals surface area contributed by atoms with Gasteiger partial charge in [-0.05, 0) is 61.7 Å². The SMILES string of the molecule is CCCCCOc1ccc(/C(O)=C2/C(=O)C(=O)N(CCCC)C2c2ccc(O)c(OCC)c2)cc1. The predicted molar refractivity (Wildman–Crippen MR) is 135 cm³/mol. The normalized spacial score (nSPS) is 17.1. The number of carbonyl (C=O) groups is 2. The molecule has 1 aliphatic rings. The molecule has 1 amide bonds. The van der Waals surface area contributed by atoms with Gasteiger partial charge >= 0.3 is 0 Å². The van der Waals surface area contributed by atoms with Crippen LogP contribution in [0.25, 0.3) is 5.76 Å². The molecular weight excluding hydrogens is 446 g/mol. The van der Waals surface area contributed by atoms with Crippen molar-refractivity contribution in [1.29, 1.82) is 0 Å². The zero-order valence-electron chi connectivity index (χ0n) is 20.8. The van der Waals surface area contributed by atoms with Crippen molar-refractivity contribution in [1.82, 2.24) is 4.90 Å². The highest BCUT2D eigenvalue weighted by atomic mass is 16.5. The average molecular weight is 482 g/mol. The fourth-order valence-electron chi connectivity index (χ4n) is 4.16. The number of phenols is 1. The van der Waals surface area contributed by atoms with Crippen LogP contribution in [0.1, 0.15) is 70.0 Å². The lowest BCUT2D eigenvalue weighted by atomic mass is 9.95. The van der Waals surface area contributed by atoms with Crippen LogP contribution in [0.4, 0.5) is 0 Å². The molecule has 1 heterocycles. The zero-order chi connectivity index (χ0) is 25.4. The van der Waals surface area contributed by atoms with Gasteiger partial charge in [-0.3, -0.25) is 9.59 Å². The molecule has 1 unspecified atom stereocenters. The third-order valence-electron chi connectivity index (χ3n) is 6.04. The van der Waals surface area contributed by atoms with E-state index in [1.54, 1.807) is 43.3 Å². The second kappa shape index (κ2) is 12.3. The Morgan fingerprint density at radius 3 is 2.31 bits per heavy atom. The lowest BCUT2D eigenvalue weighted by Gasteiger charge is -2.25. The molecule has 0 aliphatic carbocycles. The van der Waals surface area contributed by atoms with Crippen molar-refractivity contribution in [3.8, 4) is 17.2 Å². The summed E-state index contributed by atoms with van der Waals surface area (Å²) in [6, 6.07) is 10.8. The van der Waals surface area contributed by atoms with Gasteiger partial charge in [-0.15, -0.1) is 0 Å². The smallest absolute Gasteiger partial charge is 0.295 e. The third-order valence-corrected chi connectivity index (χ3v) is 6.04. The van der Waals surface area contributed by atoms with Crippen molar-refractivity contribution < 1.29 is 29.3 Å². The summed E-state index contributed by atoms with van der Waals surface area (Å²) < 4.78 is 11.3. The van der Waals surface area contributed by atoms with Gasteiger partial charge in [0, 0.05) is 12.1 Å². The molecule has 0 aromatic heterocycles. The van der Waals surface area contributed by atoms with Crippen molar-refractivity contribution >= 4 is 17.4 Å². The number of benzene rings is 2. The van der Waals surface area contributed by atoms with Crippen molar-refractivity contribution in [2.24, 2.45) is 0 Å². The molecule has 35 heavy (non-hydrogen) atoms. The van der Waals surface area contributed by atoms with Gasteiger partial charge in [-0.1, -0.05) is 39.2 Å². The number of carbonyl (C=O) groups excluding carboxylic acids is 2. The van der Waals surface area contributed by atoms with E-state index in [2.05, 4.69) is 6.92 Å². The Labute approximate surface area is 207 Å². The van der Waals surface area contributed by atoms with Gasteiger partial charge < -0.3 is 24.6 Å². The molecule has 0 spiro atoms. The van der Waals surface area contributed by atoms with Crippen LogP contribution in [0.3, 0.4) is 0 Å². The van der Waals surface area contributed by atoms with Crippen molar-refractivity contribution in [2.75, 3.05) is 19.8 Å². The first-order valence-corrected chi connectivity index (χ1v) is 12.4. The maximum Gasteiger partial charge on any atom is 0.295 e. The van der Waals surface area contributed by atoms with Crippen LogP contribution in [-0.2, 0) is 9.59 Å². The fourth-order valence-corrected chi connectivity index (χ4v) is 4.16. The van der Waals surface area contributed by atoms with E-state index in [1.807, 2.05) is 6.92 Å². The summed E-state index contributed by atoms with van der Waals surface area (Å²) in [6.07, 6.45) is 4.73. The minimum absolute atomic E-state index is 0.0239. The summed E-state index contributed by atoms with van der Waals surface area (Å²) in [7, 11) is 0. The first-order valence-electron chi connectivity index (χ1n) is 12.4. The van der Waals surface area contributed by atoms with Crippen molar-refractivity contribution in [3.63, 3.8) is 0 Å². The Morgan fingerprint density at radius 2 is 1.66 bits per heavy atom. The number of aliphatic hydroxyl groups excluding tert-OH is 1. The number of rotatable bonds is 12. The lowest BCUT2D eigenvalue weighted by Crippen LogP contribution is -2.30. The monoisotopic (exact) mass is 481 g/mol. The summed E-state index contributed by atoms with van der Waals surface area (Å²) in [5.74, 6) is -0.707. The Balaban J connectivity index is 2.00. The third kappa shape index (κ3) is 5.96. The van der Waals surface area contributed by atoms with Gasteiger partial charge in [0.1, 0.15) is 11.5 Å². The van der Waals surface area contributed by atoms with E-state index in [1.165, 1.54) is 11.0 Å². The summed E-state index contributed by atoms with van der Waals surface area (Å²) in [5, 5.41) is 21.4. The van der Waals surface area contributed by atoms with E-state index < -0.39 is 17.7 Å². The predicted octanol–water partition coefficient (Wildman–Crippen LogP) is 5.58. The number of phenolic OH excluding ortho intramolecular Hbond substituents is 1. The maximum absolute atomic E-state index is 13.1. The molecule has 2 aromatic rings. The number of amides is 1. The highest BCUT2D eigenvalue weighted by Gasteiger charge is 2.46. The molecule has 0 radical (unpaired) electrons. The molecule has 188 valence electrons. The number of hydrogen-bond donors (Lipinski definition) is 2. The summed E-state index contributed by atoms with van der Waals surface area (Å²) >= 11 is 0. The summed E-state index contributed by atoms with van der Waals surface area (Å²) in [5.41, 5.74) is 1.03. The molecular formula is C28H35NO6. The van der Waals surface area contributed by atoms with Crippen LogP contribution in [0.2, 0.25) is 0 Å². The van der Waals surface area contributed by atoms with Crippen molar-refractivity contribution in [3.05, 3.63) is 59.2 Å². The maximum atomic E-state index is 13.1. The second-order valence-electron chi connectivity index (χ2n) is 8.59. The van der Waals surface area contributed by atoms with Gasteiger partial charge in [-0.25, -0.2) is 0 Å². The Bertz CT molecular complexity index is 1060. The molecule has 0 saturated carbocycles. The van der Waals surface area contributed by atoms with Gasteiger partial charge in [0.05, 0.1) is 24.8 Å². The van der Waals surface area contributed by atoms with E-state index in [4.69, 9.17) is 9.47 Å². The number of aromatic hydroxyl groups is 1. The number of ether oxygens (including phenoxy) is 2. The molecule has 3 rings (SSSR count). The average Bonchev–Trinajstić information content (AvgIpc) is 3.11. The molecule has 0 bridgehead atoms. The van der Waals surface area contributed by atoms with Crippen LogP contribution in [0, 0.1) is 0 Å². The molecule has 7 nitrogen and oxygen atoms in total. The highest BCUT2D eigenvalue weighted by Crippen LogP contribution is 2.42.